The number of nitro benzene ring substituents is 1. The Morgan fingerprint density at radius 2 is 2.04 bits per heavy atom. The molecule has 7 nitrogen and oxygen atoms in total. The normalized spacial score (nSPS) is 20.2. The van der Waals surface area contributed by atoms with Gasteiger partial charge >= 0.3 is 0 Å². The zero-order valence-electron chi connectivity index (χ0n) is 15.8. The second kappa shape index (κ2) is 7.07. The molecule has 2 aromatic rings. The van der Waals surface area contributed by atoms with Crippen LogP contribution >= 0.6 is 0 Å². The highest BCUT2D eigenvalue weighted by Gasteiger charge is 2.43. The molecule has 7 heteroatoms. The van der Waals surface area contributed by atoms with E-state index in [-0.39, 0.29) is 23.6 Å². The third kappa shape index (κ3) is 2.93. The number of amides is 1. The van der Waals surface area contributed by atoms with Crippen molar-refractivity contribution in [1.82, 2.24) is 5.01 Å². The van der Waals surface area contributed by atoms with E-state index in [1.54, 1.807) is 24.3 Å². The van der Waals surface area contributed by atoms with E-state index in [9.17, 15) is 14.9 Å². The van der Waals surface area contributed by atoms with Crippen molar-refractivity contribution in [2.24, 2.45) is 11.0 Å². The van der Waals surface area contributed by atoms with Crippen LogP contribution in [-0.2, 0) is 11.2 Å². The van der Waals surface area contributed by atoms with Gasteiger partial charge in [-0.2, -0.15) is 5.10 Å². The number of non-ortho nitro benzene ring substituents is 1. The fourth-order valence-corrected chi connectivity index (χ4v) is 4.13. The molecule has 0 N–H and O–H groups in total. The first-order chi connectivity index (χ1) is 13.5. The maximum Gasteiger partial charge on any atom is 0.269 e. The van der Waals surface area contributed by atoms with Crippen molar-refractivity contribution in [3.63, 3.8) is 0 Å². The number of hydrogen-bond acceptors (Lipinski definition) is 5. The van der Waals surface area contributed by atoms with Crippen molar-refractivity contribution in [1.29, 1.82) is 0 Å². The highest BCUT2D eigenvalue weighted by molar-refractivity contribution is 6.07. The maximum atomic E-state index is 12.6. The first-order valence-electron chi connectivity index (χ1n) is 9.35. The molecule has 144 valence electrons. The van der Waals surface area contributed by atoms with E-state index in [1.165, 1.54) is 17.7 Å². The van der Waals surface area contributed by atoms with Gasteiger partial charge in [0.2, 0.25) is 5.91 Å². The number of hydrogen-bond donors (Lipinski definition) is 0. The molecule has 0 saturated heterocycles. The zero-order chi connectivity index (χ0) is 19.8. The highest BCUT2D eigenvalue weighted by Crippen LogP contribution is 2.44. The minimum atomic E-state index is -0.417. The number of benzene rings is 2. The minimum absolute atomic E-state index is 0.0392. The number of carbonyl (C=O) groups excluding carboxylic acids is 1. The van der Waals surface area contributed by atoms with E-state index in [4.69, 9.17) is 9.84 Å². The topological polar surface area (TPSA) is 85.0 Å². The molecular formula is C21H21N3O4. The molecule has 28 heavy (non-hydrogen) atoms. The van der Waals surface area contributed by atoms with Gasteiger partial charge in [-0.05, 0) is 42.2 Å². The summed E-state index contributed by atoms with van der Waals surface area (Å²) in [5, 5.41) is 17.3. The van der Waals surface area contributed by atoms with Gasteiger partial charge in [-0.1, -0.05) is 19.1 Å². The number of carbonyl (C=O) groups is 1. The van der Waals surface area contributed by atoms with Crippen LogP contribution in [0.25, 0.3) is 0 Å². The summed E-state index contributed by atoms with van der Waals surface area (Å²) in [5.41, 5.74) is 4.04. The van der Waals surface area contributed by atoms with Crippen LogP contribution in [0.2, 0.25) is 0 Å². The number of nitrogens with zero attached hydrogens (tertiary/aromatic N) is 3. The molecule has 2 atom stereocenters. The Balaban J connectivity index is 1.75. The van der Waals surface area contributed by atoms with Crippen LogP contribution in [0.5, 0.6) is 5.75 Å². The van der Waals surface area contributed by atoms with E-state index < -0.39 is 4.92 Å². The Labute approximate surface area is 162 Å². The fraction of sp³-hybridized carbons (Fsp3) is 0.333. The van der Waals surface area contributed by atoms with Crippen LogP contribution < -0.4 is 4.74 Å². The number of nitro groups is 1. The van der Waals surface area contributed by atoms with Gasteiger partial charge in [0.05, 0.1) is 23.8 Å². The lowest BCUT2D eigenvalue weighted by Crippen LogP contribution is -2.31. The summed E-state index contributed by atoms with van der Waals surface area (Å²) < 4.78 is 5.33. The van der Waals surface area contributed by atoms with Crippen molar-refractivity contribution in [3.8, 4) is 5.75 Å². The van der Waals surface area contributed by atoms with Crippen LogP contribution in [0.4, 0.5) is 5.69 Å². The molecule has 1 amide bonds. The molecule has 0 radical (unpaired) electrons. The molecule has 0 bridgehead atoms. The summed E-state index contributed by atoms with van der Waals surface area (Å²) in [7, 11) is 1.65. The van der Waals surface area contributed by atoms with Crippen molar-refractivity contribution in [2.45, 2.75) is 32.2 Å². The Kier molecular flexibility index (Phi) is 4.58. The minimum Gasteiger partial charge on any atom is -0.497 e. The van der Waals surface area contributed by atoms with Gasteiger partial charge in [-0.25, -0.2) is 5.01 Å². The van der Waals surface area contributed by atoms with Crippen LogP contribution in [0.15, 0.2) is 47.6 Å². The quantitative estimate of drug-likeness (QED) is 0.596. The number of rotatable bonds is 4. The molecule has 1 aliphatic carbocycles. The number of fused-ring (bicyclic) bond motifs is 3. The number of aryl methyl sites for hydroxylation is 1. The molecule has 2 aromatic carbocycles. The van der Waals surface area contributed by atoms with E-state index in [1.807, 2.05) is 25.1 Å². The van der Waals surface area contributed by atoms with Gasteiger partial charge in [0.1, 0.15) is 5.75 Å². The Morgan fingerprint density at radius 1 is 1.29 bits per heavy atom. The summed E-state index contributed by atoms with van der Waals surface area (Å²) in [6.45, 7) is 1.82. The van der Waals surface area contributed by atoms with Crippen LogP contribution in [0.3, 0.4) is 0 Å². The molecule has 0 saturated carbocycles. The first-order valence-corrected chi connectivity index (χ1v) is 9.35. The number of hydrazone groups is 1. The van der Waals surface area contributed by atoms with Crippen molar-refractivity contribution >= 4 is 17.3 Å². The van der Waals surface area contributed by atoms with Gasteiger partial charge < -0.3 is 4.74 Å². The largest absolute Gasteiger partial charge is 0.497 e. The fourth-order valence-electron chi connectivity index (χ4n) is 4.13. The van der Waals surface area contributed by atoms with Gasteiger partial charge in [-0.3, -0.25) is 14.9 Å². The van der Waals surface area contributed by atoms with E-state index in [0.717, 1.165) is 35.4 Å². The Hall–Kier alpha value is -3.22. The lowest BCUT2D eigenvalue weighted by molar-refractivity contribution is -0.384. The van der Waals surface area contributed by atoms with Crippen molar-refractivity contribution in [2.75, 3.05) is 7.11 Å². The summed E-state index contributed by atoms with van der Waals surface area (Å²) in [6.07, 6.45) is 2.07. The maximum absolute atomic E-state index is 12.6. The molecule has 4 rings (SSSR count). The molecule has 0 aromatic heterocycles. The molecule has 2 aliphatic rings. The summed E-state index contributed by atoms with van der Waals surface area (Å²) in [6, 6.07) is 12.2. The molecular weight excluding hydrogens is 358 g/mol. The molecule has 1 heterocycles. The number of methoxy groups -OCH3 is 1. The predicted octanol–water partition coefficient (Wildman–Crippen LogP) is 3.86. The van der Waals surface area contributed by atoms with Crippen LogP contribution in [0.1, 0.15) is 42.5 Å². The highest BCUT2D eigenvalue weighted by atomic mass is 16.6. The first kappa shape index (κ1) is 18.2. The van der Waals surface area contributed by atoms with Crippen molar-refractivity contribution < 1.29 is 14.5 Å². The standard InChI is InChI=1S/C21H21N3O4/c1-3-19(25)23-21(13-4-7-15(8-5-13)24(26)27)18-10-6-14-12-16(28-2)9-11-17(14)20(18)22-23/h4-5,7-9,11-12,18,21H,3,6,10H2,1-2H3/t18-,21-/m1/s1. The van der Waals surface area contributed by atoms with Gasteiger partial charge in [-0.15, -0.1) is 0 Å². The monoisotopic (exact) mass is 379 g/mol. The van der Waals surface area contributed by atoms with E-state index in [0.29, 0.717) is 6.42 Å². The molecule has 0 unspecified atom stereocenters. The summed E-state index contributed by atoms with van der Waals surface area (Å²) >= 11 is 0. The second-order valence-electron chi connectivity index (χ2n) is 7.04. The third-order valence-electron chi connectivity index (χ3n) is 5.53. The third-order valence-corrected chi connectivity index (χ3v) is 5.53. The molecule has 0 fully saturated rings. The Morgan fingerprint density at radius 3 is 2.68 bits per heavy atom. The molecule has 1 aliphatic heterocycles. The smallest absolute Gasteiger partial charge is 0.269 e. The lowest BCUT2D eigenvalue weighted by Gasteiger charge is -2.29. The van der Waals surface area contributed by atoms with Crippen LogP contribution in [-0.4, -0.2) is 28.7 Å². The molecule has 0 spiro atoms. The van der Waals surface area contributed by atoms with E-state index in [2.05, 4.69) is 0 Å². The Bertz CT molecular complexity index is 968. The average molecular weight is 379 g/mol. The lowest BCUT2D eigenvalue weighted by atomic mass is 9.77. The van der Waals surface area contributed by atoms with Gasteiger partial charge in [0, 0.05) is 30.0 Å². The summed E-state index contributed by atoms with van der Waals surface area (Å²) in [5.74, 6) is 0.822. The summed E-state index contributed by atoms with van der Waals surface area (Å²) in [4.78, 5) is 23.2. The SMILES string of the molecule is CCC(=O)N1N=C2c3ccc(OC)cc3CC[C@H]2[C@H]1c1ccc([N+](=O)[O-])cc1. The van der Waals surface area contributed by atoms with Gasteiger partial charge in [0.15, 0.2) is 0 Å². The van der Waals surface area contributed by atoms with Crippen molar-refractivity contribution in [3.05, 3.63) is 69.3 Å². The average Bonchev–Trinajstić information content (AvgIpc) is 3.12. The van der Waals surface area contributed by atoms with E-state index >= 15 is 0 Å². The van der Waals surface area contributed by atoms with Gasteiger partial charge in [0.25, 0.3) is 5.69 Å². The zero-order valence-corrected chi connectivity index (χ0v) is 15.8. The van der Waals surface area contributed by atoms with Crippen LogP contribution in [0, 0.1) is 16.0 Å². The predicted molar refractivity (Wildman–Crippen MR) is 104 cm³/mol. The second-order valence-corrected chi connectivity index (χ2v) is 7.04. The number of ether oxygens (including phenoxy) is 1.